The van der Waals surface area contributed by atoms with Crippen molar-refractivity contribution in [2.75, 3.05) is 26.7 Å². The van der Waals surface area contributed by atoms with Gasteiger partial charge in [0.05, 0.1) is 12.5 Å². The monoisotopic (exact) mass is 384 g/mol. The van der Waals surface area contributed by atoms with Gasteiger partial charge in [-0.3, -0.25) is 9.59 Å². The van der Waals surface area contributed by atoms with E-state index >= 15 is 0 Å². The van der Waals surface area contributed by atoms with Gasteiger partial charge in [-0.2, -0.15) is 4.31 Å². The summed E-state index contributed by atoms with van der Waals surface area (Å²) in [7, 11) is -2.39. The van der Waals surface area contributed by atoms with Gasteiger partial charge >= 0.3 is 5.97 Å². The number of carbonyl (C=O) groups excluding carboxylic acids is 1. The molecule has 1 aromatic carbocycles. The molecule has 0 spiro atoms. The topological polar surface area (TPSA) is 113 Å². The molecular formula is C17H24N2O6S. The van der Waals surface area contributed by atoms with Gasteiger partial charge in [-0.1, -0.05) is 0 Å². The molecule has 0 aromatic heterocycles. The summed E-state index contributed by atoms with van der Waals surface area (Å²) >= 11 is 0. The van der Waals surface area contributed by atoms with E-state index in [0.717, 1.165) is 12.8 Å². The van der Waals surface area contributed by atoms with E-state index in [1.807, 2.05) is 0 Å². The number of nitrogens with zero attached hydrogens (tertiary/aromatic N) is 1. The minimum absolute atomic E-state index is 0.0629. The number of hydrogen-bond donors (Lipinski definition) is 2. The summed E-state index contributed by atoms with van der Waals surface area (Å²) in [5, 5.41) is 11.6. The number of ether oxygens (including phenoxy) is 1. The van der Waals surface area contributed by atoms with Crippen LogP contribution in [0.5, 0.6) is 5.75 Å². The smallest absolute Gasteiger partial charge is 0.310 e. The number of methoxy groups -OCH3 is 1. The highest BCUT2D eigenvalue weighted by molar-refractivity contribution is 7.89. The van der Waals surface area contributed by atoms with Gasteiger partial charge in [0.15, 0.2) is 0 Å². The highest BCUT2D eigenvalue weighted by Crippen LogP contribution is 2.30. The van der Waals surface area contributed by atoms with Crippen LogP contribution in [0.3, 0.4) is 0 Å². The van der Waals surface area contributed by atoms with Gasteiger partial charge in [0.1, 0.15) is 10.6 Å². The number of carboxylic acid groups (broad SMARTS) is 1. The quantitative estimate of drug-likeness (QED) is 0.733. The Bertz CT molecular complexity index is 797. The lowest BCUT2D eigenvalue weighted by atomic mass is 9.94. The molecule has 9 heteroatoms. The van der Waals surface area contributed by atoms with E-state index in [1.165, 1.54) is 43.5 Å². The van der Waals surface area contributed by atoms with Crippen molar-refractivity contribution in [3.8, 4) is 5.75 Å². The number of amides is 1. The van der Waals surface area contributed by atoms with Crippen molar-refractivity contribution in [2.24, 2.45) is 5.41 Å². The average Bonchev–Trinajstić information content (AvgIpc) is 3.14. The number of nitrogens with one attached hydrogen (secondary N) is 1. The lowest BCUT2D eigenvalue weighted by Crippen LogP contribution is -2.39. The Morgan fingerprint density at radius 2 is 1.88 bits per heavy atom. The van der Waals surface area contributed by atoms with Crippen LogP contribution in [0.4, 0.5) is 0 Å². The van der Waals surface area contributed by atoms with Crippen LogP contribution < -0.4 is 10.1 Å². The molecule has 1 fully saturated rings. The van der Waals surface area contributed by atoms with Crippen molar-refractivity contribution in [1.29, 1.82) is 0 Å². The minimum atomic E-state index is -3.76. The fourth-order valence-corrected chi connectivity index (χ4v) is 4.26. The molecule has 0 aliphatic carbocycles. The lowest BCUT2D eigenvalue weighted by Gasteiger charge is -2.20. The van der Waals surface area contributed by atoms with E-state index in [9.17, 15) is 18.0 Å². The van der Waals surface area contributed by atoms with Gasteiger partial charge in [0.2, 0.25) is 10.0 Å². The molecule has 0 radical (unpaired) electrons. The molecular weight excluding hydrogens is 360 g/mol. The molecule has 2 rings (SSSR count). The first kappa shape index (κ1) is 20.2. The Morgan fingerprint density at radius 3 is 2.42 bits per heavy atom. The predicted molar refractivity (Wildman–Crippen MR) is 94.7 cm³/mol. The van der Waals surface area contributed by atoms with Gasteiger partial charge in [-0.15, -0.1) is 0 Å². The van der Waals surface area contributed by atoms with E-state index in [-0.39, 0.29) is 22.8 Å². The van der Waals surface area contributed by atoms with Gasteiger partial charge in [0.25, 0.3) is 5.91 Å². The van der Waals surface area contributed by atoms with Crippen LogP contribution in [-0.4, -0.2) is 56.5 Å². The molecule has 1 aliphatic rings. The minimum Gasteiger partial charge on any atom is -0.495 e. The molecule has 0 unspecified atom stereocenters. The standard InChI is InChI=1S/C17H24N2O6S/c1-17(2,16(21)22)11-18-15(20)12-6-7-13(25-3)14(10-12)26(23,24)19-8-4-5-9-19/h6-7,10H,4-5,8-9,11H2,1-3H3,(H,18,20)(H,21,22). The molecule has 0 bridgehead atoms. The first-order valence-electron chi connectivity index (χ1n) is 8.29. The normalized spacial score (nSPS) is 15.7. The highest BCUT2D eigenvalue weighted by atomic mass is 32.2. The van der Waals surface area contributed by atoms with Crippen LogP contribution in [0.1, 0.15) is 37.0 Å². The molecule has 2 N–H and O–H groups in total. The molecule has 1 aromatic rings. The molecule has 1 saturated heterocycles. The highest BCUT2D eigenvalue weighted by Gasteiger charge is 2.31. The van der Waals surface area contributed by atoms with Crippen molar-refractivity contribution < 1.29 is 27.9 Å². The average molecular weight is 384 g/mol. The van der Waals surface area contributed by atoms with E-state index in [1.54, 1.807) is 0 Å². The number of sulfonamides is 1. The zero-order valence-corrected chi connectivity index (χ0v) is 15.9. The van der Waals surface area contributed by atoms with Crippen LogP contribution in [0.15, 0.2) is 23.1 Å². The number of hydrogen-bond acceptors (Lipinski definition) is 5. The summed E-state index contributed by atoms with van der Waals surface area (Å²) in [6.07, 6.45) is 1.60. The van der Waals surface area contributed by atoms with E-state index in [0.29, 0.717) is 13.1 Å². The Hall–Kier alpha value is -2.13. The maximum absolute atomic E-state index is 12.8. The summed E-state index contributed by atoms with van der Waals surface area (Å²) in [4.78, 5) is 23.4. The zero-order valence-electron chi connectivity index (χ0n) is 15.1. The number of carboxylic acids is 1. The molecule has 1 heterocycles. The summed E-state index contributed by atoms with van der Waals surface area (Å²) < 4.78 is 32.2. The first-order chi connectivity index (χ1) is 12.1. The Morgan fingerprint density at radius 1 is 1.27 bits per heavy atom. The first-order valence-corrected chi connectivity index (χ1v) is 9.73. The third-order valence-corrected chi connectivity index (χ3v) is 6.30. The Labute approximate surface area is 153 Å². The molecule has 0 atom stereocenters. The van der Waals surface area contributed by atoms with Crippen LogP contribution >= 0.6 is 0 Å². The van der Waals surface area contributed by atoms with Crippen molar-refractivity contribution in [3.63, 3.8) is 0 Å². The summed E-state index contributed by atoms with van der Waals surface area (Å²) in [5.74, 6) is -1.41. The molecule has 8 nitrogen and oxygen atoms in total. The molecule has 0 saturated carbocycles. The Kier molecular flexibility index (Phi) is 5.92. The predicted octanol–water partition coefficient (Wildman–Crippen LogP) is 1.32. The van der Waals surface area contributed by atoms with Gasteiger partial charge in [-0.25, -0.2) is 8.42 Å². The van der Waals surface area contributed by atoms with E-state index < -0.39 is 27.3 Å². The lowest BCUT2D eigenvalue weighted by molar-refractivity contribution is -0.146. The van der Waals surface area contributed by atoms with Crippen LogP contribution in [0.25, 0.3) is 0 Å². The van der Waals surface area contributed by atoms with Crippen LogP contribution in [0, 0.1) is 5.41 Å². The maximum Gasteiger partial charge on any atom is 0.310 e. The number of aliphatic carboxylic acids is 1. The van der Waals surface area contributed by atoms with E-state index in [4.69, 9.17) is 9.84 Å². The summed E-state index contributed by atoms with van der Waals surface area (Å²) in [6.45, 7) is 3.78. The fourth-order valence-electron chi connectivity index (χ4n) is 2.57. The van der Waals surface area contributed by atoms with Crippen molar-refractivity contribution in [3.05, 3.63) is 23.8 Å². The second-order valence-electron chi connectivity index (χ2n) is 6.85. The maximum atomic E-state index is 12.8. The van der Waals surface area contributed by atoms with Gasteiger partial charge in [0, 0.05) is 25.2 Å². The van der Waals surface area contributed by atoms with Crippen LogP contribution in [0.2, 0.25) is 0 Å². The Balaban J connectivity index is 2.29. The fraction of sp³-hybridized carbons (Fsp3) is 0.529. The number of benzene rings is 1. The summed E-state index contributed by atoms with van der Waals surface area (Å²) in [6, 6.07) is 4.15. The molecule has 144 valence electrons. The largest absolute Gasteiger partial charge is 0.495 e. The third kappa shape index (κ3) is 4.16. The molecule has 1 aliphatic heterocycles. The number of carbonyl (C=O) groups is 2. The second kappa shape index (κ2) is 7.63. The second-order valence-corrected chi connectivity index (χ2v) is 8.75. The van der Waals surface area contributed by atoms with Gasteiger partial charge in [-0.05, 0) is 44.9 Å². The SMILES string of the molecule is COc1ccc(C(=O)NCC(C)(C)C(=O)O)cc1S(=O)(=O)N1CCCC1. The number of rotatable bonds is 7. The molecule has 26 heavy (non-hydrogen) atoms. The van der Waals surface area contributed by atoms with Crippen molar-refractivity contribution in [1.82, 2.24) is 9.62 Å². The van der Waals surface area contributed by atoms with Gasteiger partial charge < -0.3 is 15.2 Å². The third-order valence-electron chi connectivity index (χ3n) is 4.38. The van der Waals surface area contributed by atoms with Crippen molar-refractivity contribution >= 4 is 21.9 Å². The van der Waals surface area contributed by atoms with Crippen LogP contribution in [-0.2, 0) is 14.8 Å². The van der Waals surface area contributed by atoms with Crippen molar-refractivity contribution in [2.45, 2.75) is 31.6 Å². The summed E-state index contributed by atoms with van der Waals surface area (Å²) in [5.41, 5.74) is -1.00. The van der Waals surface area contributed by atoms with E-state index in [2.05, 4.69) is 5.32 Å². The zero-order chi connectivity index (χ0) is 19.5. The molecule has 1 amide bonds.